The molecule has 26 heavy (non-hydrogen) atoms. The van der Waals surface area contributed by atoms with Crippen LogP contribution in [-0.4, -0.2) is 30.0 Å². The number of benzene rings is 2. The Morgan fingerprint density at radius 1 is 1.19 bits per heavy atom. The highest BCUT2D eigenvalue weighted by atomic mass is 16.5. The number of hydrogen-bond acceptors (Lipinski definition) is 4. The summed E-state index contributed by atoms with van der Waals surface area (Å²) >= 11 is 0. The van der Waals surface area contributed by atoms with Crippen molar-refractivity contribution in [3.8, 4) is 5.75 Å². The predicted molar refractivity (Wildman–Crippen MR) is 103 cm³/mol. The Labute approximate surface area is 154 Å². The lowest BCUT2D eigenvalue weighted by molar-refractivity contribution is -0.122. The SMILES string of the molecule is CC1Oc2cc(CN3CCC(c4ccccc4N)CC3)ccc2NC1=O. The van der Waals surface area contributed by atoms with Gasteiger partial charge in [0.2, 0.25) is 0 Å². The van der Waals surface area contributed by atoms with Crippen molar-refractivity contribution in [3.63, 3.8) is 0 Å². The molecule has 1 fully saturated rings. The van der Waals surface area contributed by atoms with E-state index in [1.807, 2.05) is 24.3 Å². The van der Waals surface area contributed by atoms with Crippen LogP contribution in [0.3, 0.4) is 0 Å². The molecule has 136 valence electrons. The van der Waals surface area contributed by atoms with Crippen LogP contribution >= 0.6 is 0 Å². The summed E-state index contributed by atoms with van der Waals surface area (Å²) in [5.41, 5.74) is 10.3. The first-order valence-corrected chi connectivity index (χ1v) is 9.27. The molecule has 2 aromatic rings. The van der Waals surface area contributed by atoms with Crippen LogP contribution in [0.5, 0.6) is 5.75 Å². The second kappa shape index (κ2) is 7.00. The summed E-state index contributed by atoms with van der Waals surface area (Å²) in [6, 6.07) is 14.3. The Bertz CT molecular complexity index is 813. The number of nitrogens with zero attached hydrogens (tertiary/aromatic N) is 1. The molecule has 0 aromatic heterocycles. The van der Waals surface area contributed by atoms with Crippen LogP contribution in [0, 0.1) is 0 Å². The van der Waals surface area contributed by atoms with Crippen LogP contribution in [0.25, 0.3) is 0 Å². The highest BCUT2D eigenvalue weighted by Gasteiger charge is 2.25. The molecule has 4 rings (SSSR count). The Balaban J connectivity index is 1.38. The summed E-state index contributed by atoms with van der Waals surface area (Å²) < 4.78 is 5.72. The summed E-state index contributed by atoms with van der Waals surface area (Å²) in [6.45, 7) is 4.79. The summed E-state index contributed by atoms with van der Waals surface area (Å²) in [5.74, 6) is 1.23. The maximum absolute atomic E-state index is 11.7. The van der Waals surface area contributed by atoms with E-state index in [1.165, 1.54) is 11.1 Å². The molecule has 2 aliphatic heterocycles. The van der Waals surface area contributed by atoms with Crippen molar-refractivity contribution in [2.75, 3.05) is 24.1 Å². The topological polar surface area (TPSA) is 67.6 Å². The van der Waals surface area contributed by atoms with E-state index in [0.717, 1.165) is 49.6 Å². The number of piperidine rings is 1. The van der Waals surface area contributed by atoms with E-state index in [-0.39, 0.29) is 5.91 Å². The molecule has 0 radical (unpaired) electrons. The number of ether oxygens (including phenoxy) is 1. The molecule has 5 heteroatoms. The van der Waals surface area contributed by atoms with E-state index in [9.17, 15) is 4.79 Å². The van der Waals surface area contributed by atoms with Crippen molar-refractivity contribution in [1.29, 1.82) is 0 Å². The third-order valence-corrected chi connectivity index (χ3v) is 5.41. The first kappa shape index (κ1) is 16.9. The Kier molecular flexibility index (Phi) is 4.55. The van der Waals surface area contributed by atoms with Gasteiger partial charge in [0.1, 0.15) is 5.75 Å². The van der Waals surface area contributed by atoms with E-state index in [2.05, 4.69) is 28.4 Å². The monoisotopic (exact) mass is 351 g/mol. The molecular weight excluding hydrogens is 326 g/mol. The zero-order chi connectivity index (χ0) is 18.1. The molecule has 1 unspecified atom stereocenters. The lowest BCUT2D eigenvalue weighted by atomic mass is 9.88. The number of carbonyl (C=O) groups is 1. The number of carbonyl (C=O) groups excluding carboxylic acids is 1. The van der Waals surface area contributed by atoms with Crippen molar-refractivity contribution in [3.05, 3.63) is 53.6 Å². The van der Waals surface area contributed by atoms with Gasteiger partial charge in [0.15, 0.2) is 6.10 Å². The molecule has 2 aliphatic rings. The number of nitrogen functional groups attached to an aromatic ring is 1. The Hall–Kier alpha value is -2.53. The smallest absolute Gasteiger partial charge is 0.265 e. The number of nitrogens with one attached hydrogen (secondary N) is 1. The molecule has 2 heterocycles. The third-order valence-electron chi connectivity index (χ3n) is 5.41. The van der Waals surface area contributed by atoms with Gasteiger partial charge in [-0.25, -0.2) is 0 Å². The molecular formula is C21H25N3O2. The molecule has 0 aliphatic carbocycles. The van der Waals surface area contributed by atoms with Gasteiger partial charge in [0.05, 0.1) is 5.69 Å². The summed E-state index contributed by atoms with van der Waals surface area (Å²) in [5, 5.41) is 2.88. The molecule has 5 nitrogen and oxygen atoms in total. The second-order valence-electron chi connectivity index (χ2n) is 7.26. The number of anilines is 2. The average molecular weight is 351 g/mol. The van der Waals surface area contributed by atoms with E-state index >= 15 is 0 Å². The number of amides is 1. The molecule has 1 atom stereocenters. The van der Waals surface area contributed by atoms with Crippen LogP contribution in [0.4, 0.5) is 11.4 Å². The normalized spacial score (nSPS) is 21.0. The van der Waals surface area contributed by atoms with Gasteiger partial charge in [-0.2, -0.15) is 0 Å². The van der Waals surface area contributed by atoms with E-state index in [4.69, 9.17) is 10.5 Å². The maximum atomic E-state index is 11.7. The molecule has 0 saturated carbocycles. The highest BCUT2D eigenvalue weighted by Crippen LogP contribution is 2.34. The zero-order valence-electron chi connectivity index (χ0n) is 15.1. The minimum Gasteiger partial charge on any atom is -0.479 e. The van der Waals surface area contributed by atoms with Gasteiger partial charge in [-0.1, -0.05) is 24.3 Å². The number of fused-ring (bicyclic) bond motifs is 1. The number of rotatable bonds is 3. The van der Waals surface area contributed by atoms with E-state index < -0.39 is 6.10 Å². The van der Waals surface area contributed by atoms with Gasteiger partial charge in [-0.05, 0) is 68.1 Å². The molecule has 0 bridgehead atoms. The number of hydrogen-bond donors (Lipinski definition) is 2. The quantitative estimate of drug-likeness (QED) is 0.832. The minimum atomic E-state index is -0.440. The summed E-state index contributed by atoms with van der Waals surface area (Å²) in [4.78, 5) is 14.2. The maximum Gasteiger partial charge on any atom is 0.265 e. The van der Waals surface area contributed by atoms with Crippen LogP contribution in [-0.2, 0) is 11.3 Å². The minimum absolute atomic E-state index is 0.0903. The molecule has 1 saturated heterocycles. The van der Waals surface area contributed by atoms with Gasteiger partial charge in [0, 0.05) is 12.2 Å². The van der Waals surface area contributed by atoms with Gasteiger partial charge in [0.25, 0.3) is 5.91 Å². The average Bonchev–Trinajstić information content (AvgIpc) is 2.64. The Morgan fingerprint density at radius 2 is 1.96 bits per heavy atom. The fourth-order valence-electron chi connectivity index (χ4n) is 3.89. The second-order valence-corrected chi connectivity index (χ2v) is 7.26. The van der Waals surface area contributed by atoms with Gasteiger partial charge in [-0.15, -0.1) is 0 Å². The standard InChI is InChI=1S/C21H25N3O2/c1-14-21(25)23-19-7-6-15(12-20(19)26-14)13-24-10-8-16(9-11-24)17-4-2-3-5-18(17)22/h2-7,12,14,16H,8-11,13,22H2,1H3,(H,23,25). The van der Waals surface area contributed by atoms with E-state index in [0.29, 0.717) is 5.92 Å². The molecule has 3 N–H and O–H groups in total. The van der Waals surface area contributed by atoms with Gasteiger partial charge < -0.3 is 15.8 Å². The van der Waals surface area contributed by atoms with Crippen molar-refractivity contribution < 1.29 is 9.53 Å². The lowest BCUT2D eigenvalue weighted by Crippen LogP contribution is -2.35. The molecule has 2 aromatic carbocycles. The van der Waals surface area contributed by atoms with Crippen molar-refractivity contribution in [1.82, 2.24) is 4.90 Å². The van der Waals surface area contributed by atoms with Crippen LogP contribution in [0.2, 0.25) is 0 Å². The van der Waals surface area contributed by atoms with Crippen molar-refractivity contribution in [2.45, 2.75) is 38.3 Å². The van der Waals surface area contributed by atoms with E-state index in [1.54, 1.807) is 6.92 Å². The Morgan fingerprint density at radius 3 is 2.73 bits per heavy atom. The van der Waals surface area contributed by atoms with Crippen LogP contribution in [0.15, 0.2) is 42.5 Å². The van der Waals surface area contributed by atoms with Crippen LogP contribution < -0.4 is 15.8 Å². The first-order chi connectivity index (χ1) is 12.6. The third kappa shape index (κ3) is 3.40. The summed E-state index contributed by atoms with van der Waals surface area (Å²) in [6.07, 6.45) is 1.82. The van der Waals surface area contributed by atoms with Crippen molar-refractivity contribution >= 4 is 17.3 Å². The van der Waals surface area contributed by atoms with Crippen molar-refractivity contribution in [2.24, 2.45) is 0 Å². The highest BCUT2D eigenvalue weighted by molar-refractivity contribution is 5.97. The molecule has 0 spiro atoms. The fourth-order valence-corrected chi connectivity index (χ4v) is 3.89. The van der Waals surface area contributed by atoms with Gasteiger partial charge in [-0.3, -0.25) is 9.69 Å². The predicted octanol–water partition coefficient (Wildman–Crippen LogP) is 3.37. The zero-order valence-corrected chi connectivity index (χ0v) is 15.1. The molecule has 1 amide bonds. The summed E-state index contributed by atoms with van der Waals surface area (Å²) in [7, 11) is 0. The largest absolute Gasteiger partial charge is 0.479 e. The number of likely N-dealkylation sites (tertiary alicyclic amines) is 1. The van der Waals surface area contributed by atoms with Gasteiger partial charge >= 0.3 is 0 Å². The lowest BCUT2D eigenvalue weighted by Gasteiger charge is -2.33. The van der Waals surface area contributed by atoms with Crippen LogP contribution in [0.1, 0.15) is 36.8 Å². The first-order valence-electron chi connectivity index (χ1n) is 9.27. The number of para-hydroxylation sites is 1. The fraction of sp³-hybridized carbons (Fsp3) is 0.381. The number of nitrogens with two attached hydrogens (primary N) is 1.